The second-order valence-electron chi connectivity index (χ2n) is 4.10. The normalized spacial score (nSPS) is 11.7. The van der Waals surface area contributed by atoms with Gasteiger partial charge in [0.05, 0.1) is 22.0 Å². The van der Waals surface area contributed by atoms with Crippen molar-refractivity contribution in [1.82, 2.24) is 9.78 Å². The van der Waals surface area contributed by atoms with Crippen molar-refractivity contribution in [3.8, 4) is 5.69 Å². The summed E-state index contributed by atoms with van der Waals surface area (Å²) < 4.78 is 24.2. The van der Waals surface area contributed by atoms with Crippen molar-refractivity contribution in [3.05, 3.63) is 35.7 Å². The first-order valence-corrected chi connectivity index (χ1v) is 6.79. The van der Waals surface area contributed by atoms with Crippen LogP contribution in [0.25, 0.3) is 5.69 Å². The Morgan fingerprint density at radius 2 is 1.89 bits per heavy atom. The number of nitrogens with zero attached hydrogens (tertiary/aromatic N) is 2. The summed E-state index contributed by atoms with van der Waals surface area (Å²) in [5, 5.41) is 9.36. The topological polar surface area (TPSA) is 104 Å². The highest BCUT2D eigenvalue weighted by Gasteiger charge is 2.13. The summed E-state index contributed by atoms with van der Waals surface area (Å²) >= 11 is 0. The van der Waals surface area contributed by atoms with E-state index in [0.29, 0.717) is 11.4 Å². The molecule has 96 valence electrons. The molecule has 0 fully saturated rings. The van der Waals surface area contributed by atoms with E-state index in [0.717, 1.165) is 11.4 Å². The maximum absolute atomic E-state index is 11.3. The third-order valence-corrected chi connectivity index (χ3v) is 3.48. The highest BCUT2D eigenvalue weighted by atomic mass is 32.2. The fourth-order valence-electron chi connectivity index (χ4n) is 1.76. The molecule has 0 unspecified atom stereocenters. The van der Waals surface area contributed by atoms with Crippen LogP contribution in [-0.4, -0.2) is 18.2 Å². The van der Waals surface area contributed by atoms with E-state index in [2.05, 4.69) is 5.10 Å². The first-order chi connectivity index (χ1) is 8.29. The predicted molar refractivity (Wildman–Crippen MR) is 68.8 cm³/mol. The van der Waals surface area contributed by atoms with E-state index in [9.17, 15) is 8.42 Å². The lowest BCUT2D eigenvalue weighted by molar-refractivity contribution is 0.597. The van der Waals surface area contributed by atoms with Gasteiger partial charge in [-0.3, -0.25) is 0 Å². The molecule has 2 aromatic rings. The van der Waals surface area contributed by atoms with Crippen LogP contribution in [0.5, 0.6) is 0 Å². The van der Waals surface area contributed by atoms with E-state index in [1.807, 2.05) is 19.9 Å². The minimum atomic E-state index is -3.75. The van der Waals surface area contributed by atoms with E-state index < -0.39 is 10.0 Å². The van der Waals surface area contributed by atoms with Crippen LogP contribution in [0.4, 0.5) is 5.69 Å². The van der Waals surface area contributed by atoms with Crippen LogP contribution >= 0.6 is 0 Å². The van der Waals surface area contributed by atoms with Crippen molar-refractivity contribution in [2.75, 3.05) is 5.73 Å². The van der Waals surface area contributed by atoms with Gasteiger partial charge >= 0.3 is 0 Å². The predicted octanol–water partition coefficient (Wildman–Crippen LogP) is 0.719. The average molecular weight is 266 g/mol. The van der Waals surface area contributed by atoms with Crippen molar-refractivity contribution in [2.45, 2.75) is 18.7 Å². The van der Waals surface area contributed by atoms with Crippen LogP contribution < -0.4 is 10.9 Å². The molecule has 4 N–H and O–H groups in total. The van der Waals surface area contributed by atoms with E-state index in [1.54, 1.807) is 4.68 Å². The molecule has 0 bridgehead atoms. The first-order valence-electron chi connectivity index (χ1n) is 5.25. The molecule has 1 aromatic heterocycles. The van der Waals surface area contributed by atoms with Gasteiger partial charge in [-0.2, -0.15) is 5.10 Å². The van der Waals surface area contributed by atoms with Crippen molar-refractivity contribution in [3.63, 3.8) is 0 Å². The van der Waals surface area contributed by atoms with Crippen molar-refractivity contribution >= 4 is 15.7 Å². The van der Waals surface area contributed by atoms with Gasteiger partial charge < -0.3 is 5.73 Å². The molecule has 0 atom stereocenters. The Hall–Kier alpha value is -1.86. The molecule has 6 nitrogen and oxygen atoms in total. The summed E-state index contributed by atoms with van der Waals surface area (Å²) in [6.07, 6.45) is 0. The number of nitrogens with two attached hydrogens (primary N) is 2. The van der Waals surface area contributed by atoms with Crippen LogP contribution in [0, 0.1) is 13.8 Å². The molecular formula is C11H14N4O2S. The van der Waals surface area contributed by atoms with Crippen LogP contribution in [-0.2, 0) is 10.0 Å². The van der Waals surface area contributed by atoms with E-state index in [-0.39, 0.29) is 4.90 Å². The first kappa shape index (κ1) is 12.6. The monoisotopic (exact) mass is 266 g/mol. The second-order valence-corrected chi connectivity index (χ2v) is 5.67. The number of rotatable bonds is 2. The van der Waals surface area contributed by atoms with Crippen LogP contribution in [0.15, 0.2) is 29.2 Å². The Balaban J connectivity index is 2.68. The van der Waals surface area contributed by atoms with Gasteiger partial charge in [-0.05, 0) is 38.1 Å². The summed E-state index contributed by atoms with van der Waals surface area (Å²) in [5.74, 6) is 0. The SMILES string of the molecule is Cc1cc(C)n(-c2cc(S(N)(=O)=O)ccc2N)n1. The van der Waals surface area contributed by atoms with Crippen molar-refractivity contribution < 1.29 is 8.42 Å². The number of aromatic nitrogens is 2. The van der Waals surface area contributed by atoms with E-state index in [1.165, 1.54) is 18.2 Å². The van der Waals surface area contributed by atoms with E-state index >= 15 is 0 Å². The van der Waals surface area contributed by atoms with Gasteiger partial charge in [0.25, 0.3) is 0 Å². The third kappa shape index (κ3) is 2.22. The lowest BCUT2D eigenvalue weighted by Gasteiger charge is -2.09. The van der Waals surface area contributed by atoms with Crippen LogP contribution in [0.2, 0.25) is 0 Å². The molecule has 0 saturated carbocycles. The van der Waals surface area contributed by atoms with Gasteiger partial charge in [-0.25, -0.2) is 18.2 Å². The number of primary sulfonamides is 1. The molecule has 0 saturated heterocycles. The zero-order valence-electron chi connectivity index (χ0n) is 10.1. The molecule has 1 aromatic carbocycles. The number of hydrogen-bond acceptors (Lipinski definition) is 4. The van der Waals surface area contributed by atoms with Crippen LogP contribution in [0.1, 0.15) is 11.4 Å². The molecule has 18 heavy (non-hydrogen) atoms. The molecule has 1 heterocycles. The Labute approximate surface area is 105 Å². The molecule has 0 radical (unpaired) electrons. The zero-order valence-corrected chi connectivity index (χ0v) is 10.9. The maximum Gasteiger partial charge on any atom is 0.238 e. The van der Waals surface area contributed by atoms with Gasteiger partial charge in [-0.15, -0.1) is 0 Å². The fraction of sp³-hybridized carbons (Fsp3) is 0.182. The van der Waals surface area contributed by atoms with Crippen LogP contribution in [0.3, 0.4) is 0 Å². The molecule has 0 aliphatic heterocycles. The summed E-state index contributed by atoms with van der Waals surface area (Å²) in [7, 11) is -3.75. The van der Waals surface area contributed by atoms with Gasteiger partial charge in [-0.1, -0.05) is 0 Å². The maximum atomic E-state index is 11.3. The van der Waals surface area contributed by atoms with Gasteiger partial charge in [0.15, 0.2) is 0 Å². The zero-order chi connectivity index (χ0) is 13.5. The highest BCUT2D eigenvalue weighted by Crippen LogP contribution is 2.22. The fourth-order valence-corrected chi connectivity index (χ4v) is 2.29. The molecular weight excluding hydrogens is 252 g/mol. The van der Waals surface area contributed by atoms with Crippen molar-refractivity contribution in [1.29, 1.82) is 0 Å². The highest BCUT2D eigenvalue weighted by molar-refractivity contribution is 7.89. The van der Waals surface area contributed by atoms with Crippen molar-refractivity contribution in [2.24, 2.45) is 5.14 Å². The molecule has 7 heteroatoms. The smallest absolute Gasteiger partial charge is 0.238 e. The number of sulfonamides is 1. The average Bonchev–Trinajstić information content (AvgIpc) is 2.56. The second kappa shape index (κ2) is 4.11. The molecule has 0 aliphatic carbocycles. The standard InChI is InChI=1S/C11H14N4O2S/c1-7-5-8(2)15(14-7)11-6-9(18(13,16)17)3-4-10(11)12/h3-6H,12H2,1-2H3,(H2,13,16,17). The number of benzene rings is 1. The summed E-state index contributed by atoms with van der Waals surface area (Å²) in [4.78, 5) is 0.0132. The minimum Gasteiger partial charge on any atom is -0.397 e. The Bertz CT molecular complexity index is 704. The quantitative estimate of drug-likeness (QED) is 0.781. The summed E-state index contributed by atoms with van der Waals surface area (Å²) in [6.45, 7) is 3.71. The lowest BCUT2D eigenvalue weighted by atomic mass is 10.2. The number of hydrogen-bond donors (Lipinski definition) is 2. The summed E-state index contributed by atoms with van der Waals surface area (Å²) in [6, 6.07) is 6.18. The molecule has 2 rings (SSSR count). The van der Waals surface area contributed by atoms with Gasteiger partial charge in [0.2, 0.25) is 10.0 Å². The molecule has 0 amide bonds. The Morgan fingerprint density at radius 3 is 2.39 bits per heavy atom. The minimum absolute atomic E-state index is 0.0132. The molecule has 0 spiro atoms. The van der Waals surface area contributed by atoms with Gasteiger partial charge in [0, 0.05) is 5.69 Å². The molecule has 0 aliphatic rings. The van der Waals surface area contributed by atoms with E-state index in [4.69, 9.17) is 10.9 Å². The number of anilines is 1. The number of nitrogen functional groups attached to an aromatic ring is 1. The Morgan fingerprint density at radius 1 is 1.22 bits per heavy atom. The third-order valence-electron chi connectivity index (χ3n) is 2.57. The summed E-state index contributed by atoms with van der Waals surface area (Å²) in [5.41, 5.74) is 8.48. The number of aryl methyl sites for hydroxylation is 2. The lowest BCUT2D eigenvalue weighted by Crippen LogP contribution is -2.13. The largest absolute Gasteiger partial charge is 0.397 e. The van der Waals surface area contributed by atoms with Gasteiger partial charge in [0.1, 0.15) is 0 Å². The Kier molecular flexibility index (Phi) is 2.88.